The van der Waals surface area contributed by atoms with Crippen molar-refractivity contribution in [2.75, 3.05) is 5.32 Å². The second-order valence-corrected chi connectivity index (χ2v) is 9.47. The number of hydrogen-bond donors (Lipinski definition) is 2. The summed E-state index contributed by atoms with van der Waals surface area (Å²) in [5, 5.41) is 7.03. The Morgan fingerprint density at radius 3 is 2.65 bits per heavy atom. The van der Waals surface area contributed by atoms with Crippen LogP contribution in [0.15, 0.2) is 84.3 Å². The molecule has 0 aromatic heterocycles. The lowest BCUT2D eigenvalue weighted by Gasteiger charge is -2.13. The fourth-order valence-electron chi connectivity index (χ4n) is 3.62. The van der Waals surface area contributed by atoms with E-state index in [2.05, 4.69) is 36.3 Å². The number of allylic oxidation sites excluding steroid dienone is 1. The Labute approximate surface area is 210 Å². The summed E-state index contributed by atoms with van der Waals surface area (Å²) in [4.78, 5) is 13.2. The van der Waals surface area contributed by atoms with Gasteiger partial charge in [-0.15, -0.1) is 6.58 Å². The first-order chi connectivity index (χ1) is 16.6. The van der Waals surface area contributed by atoms with Crippen LogP contribution in [-0.2, 0) is 24.2 Å². The number of nitrogens with one attached hydrogen (secondary N) is 2. The first-order valence-corrected chi connectivity index (χ1v) is 12.5. The van der Waals surface area contributed by atoms with Crippen LogP contribution in [-0.4, -0.2) is 11.4 Å². The molecular weight excluding hydrogens is 464 g/mol. The van der Waals surface area contributed by atoms with Gasteiger partial charge in [0.25, 0.3) is 5.91 Å². The molecule has 1 aliphatic rings. The van der Waals surface area contributed by atoms with Gasteiger partial charge in [0, 0.05) is 16.3 Å². The minimum Gasteiger partial charge on any atom is -0.489 e. The van der Waals surface area contributed by atoms with Crippen LogP contribution in [0.25, 0.3) is 6.08 Å². The van der Waals surface area contributed by atoms with Gasteiger partial charge in [0.2, 0.25) is 0 Å². The Hall–Kier alpha value is -3.15. The van der Waals surface area contributed by atoms with Crippen molar-refractivity contribution in [2.24, 2.45) is 0 Å². The van der Waals surface area contributed by atoms with E-state index in [-0.39, 0.29) is 11.4 Å². The van der Waals surface area contributed by atoms with Crippen molar-refractivity contribution in [1.29, 1.82) is 0 Å². The van der Waals surface area contributed by atoms with Gasteiger partial charge in [0.1, 0.15) is 12.4 Å². The molecule has 0 bridgehead atoms. The molecule has 1 aliphatic heterocycles. The summed E-state index contributed by atoms with van der Waals surface area (Å²) < 4.78 is 6.06. The highest BCUT2D eigenvalue weighted by Gasteiger charge is 2.27. The monoisotopic (exact) mass is 490 g/mol. The maximum absolute atomic E-state index is 12.6. The van der Waals surface area contributed by atoms with Crippen LogP contribution in [0.5, 0.6) is 5.75 Å². The van der Waals surface area contributed by atoms with Crippen molar-refractivity contribution in [3.8, 4) is 5.75 Å². The first-order valence-electron chi connectivity index (χ1n) is 11.2. The predicted octanol–water partition coefficient (Wildman–Crippen LogP) is 6.81. The zero-order valence-electron chi connectivity index (χ0n) is 19.0. The molecule has 3 aromatic rings. The molecule has 1 fully saturated rings. The number of benzene rings is 3. The van der Waals surface area contributed by atoms with Crippen LogP contribution < -0.4 is 15.4 Å². The van der Waals surface area contributed by atoms with Gasteiger partial charge in [-0.25, -0.2) is 0 Å². The largest absolute Gasteiger partial charge is 0.489 e. The summed E-state index contributed by atoms with van der Waals surface area (Å²) in [6.07, 6.45) is 5.41. The number of thioether (sulfide) groups is 1. The maximum atomic E-state index is 12.6. The highest BCUT2D eigenvalue weighted by atomic mass is 35.5. The predicted molar refractivity (Wildman–Crippen MR) is 143 cm³/mol. The van der Waals surface area contributed by atoms with Gasteiger partial charge < -0.3 is 15.4 Å². The second kappa shape index (κ2) is 11.3. The quantitative estimate of drug-likeness (QED) is 0.255. The number of hydrogen-bond acceptors (Lipinski definition) is 4. The lowest BCUT2D eigenvalue weighted by molar-refractivity contribution is -0.116. The van der Waals surface area contributed by atoms with Gasteiger partial charge in [-0.2, -0.15) is 0 Å². The molecular formula is C28H27ClN2O2S. The van der Waals surface area contributed by atoms with E-state index in [1.807, 2.05) is 66.7 Å². The third kappa shape index (κ3) is 6.04. The molecule has 1 saturated heterocycles. The van der Waals surface area contributed by atoms with Crippen molar-refractivity contribution < 1.29 is 9.53 Å². The van der Waals surface area contributed by atoms with E-state index in [0.29, 0.717) is 23.0 Å². The fourth-order valence-corrected chi connectivity index (χ4v) is 4.80. The van der Waals surface area contributed by atoms with Gasteiger partial charge in [-0.1, -0.05) is 72.8 Å². The van der Waals surface area contributed by atoms with Crippen LogP contribution in [0, 0.1) is 0 Å². The third-order valence-electron chi connectivity index (χ3n) is 5.48. The molecule has 0 spiro atoms. The summed E-state index contributed by atoms with van der Waals surface area (Å²) in [6, 6.07) is 21.8. The van der Waals surface area contributed by atoms with Crippen molar-refractivity contribution >= 4 is 41.0 Å². The number of carbonyl (C=O) groups excluding carboxylic acids is 1. The Bertz CT molecular complexity index is 1210. The molecule has 174 valence electrons. The number of aryl methyl sites for hydroxylation is 1. The van der Waals surface area contributed by atoms with E-state index in [9.17, 15) is 4.79 Å². The summed E-state index contributed by atoms with van der Waals surface area (Å²) in [5.74, 6) is 0.692. The average molecular weight is 491 g/mol. The molecule has 6 heteroatoms. The Balaban J connectivity index is 1.45. The Kier molecular flexibility index (Phi) is 7.99. The summed E-state index contributed by atoms with van der Waals surface area (Å²) in [5.41, 5.74) is 4.92. The van der Waals surface area contributed by atoms with Crippen LogP contribution >= 0.6 is 23.4 Å². The number of ether oxygens (including phenoxy) is 1. The van der Waals surface area contributed by atoms with Crippen molar-refractivity contribution in [3.63, 3.8) is 0 Å². The topological polar surface area (TPSA) is 50.4 Å². The zero-order valence-corrected chi connectivity index (χ0v) is 20.6. The smallest absolute Gasteiger partial charge is 0.260 e. The van der Waals surface area contributed by atoms with Gasteiger partial charge in [-0.3, -0.25) is 4.79 Å². The first kappa shape index (κ1) is 24.0. The minimum absolute atomic E-state index is 0.0861. The number of amides is 1. The number of halogens is 1. The maximum Gasteiger partial charge on any atom is 0.260 e. The van der Waals surface area contributed by atoms with E-state index >= 15 is 0 Å². The van der Waals surface area contributed by atoms with E-state index in [1.165, 1.54) is 17.3 Å². The summed E-state index contributed by atoms with van der Waals surface area (Å²) in [7, 11) is 0. The van der Waals surface area contributed by atoms with Crippen LogP contribution in [0.1, 0.15) is 29.2 Å². The molecule has 0 aliphatic carbocycles. The average Bonchev–Trinajstić information content (AvgIpc) is 3.18. The van der Waals surface area contributed by atoms with E-state index in [1.54, 1.807) is 0 Å². The molecule has 34 heavy (non-hydrogen) atoms. The summed E-state index contributed by atoms with van der Waals surface area (Å²) >= 11 is 7.73. The molecule has 1 atom stereocenters. The molecule has 0 saturated carbocycles. The van der Waals surface area contributed by atoms with Crippen molar-refractivity contribution in [3.05, 3.63) is 112 Å². The lowest BCUT2D eigenvalue weighted by atomic mass is 10.1. The summed E-state index contributed by atoms with van der Waals surface area (Å²) in [6.45, 7) is 6.38. The third-order valence-corrected chi connectivity index (χ3v) is 6.88. The SMILES string of the molecule is C=CCc1cc(/C=C2\S[C@H](Nc3ccc(CC)cc3)NC2=O)ccc1OCc1ccccc1Cl. The lowest BCUT2D eigenvalue weighted by Crippen LogP contribution is -2.30. The number of rotatable bonds is 9. The molecule has 1 amide bonds. The van der Waals surface area contributed by atoms with Gasteiger partial charge in [0.05, 0.1) is 4.91 Å². The van der Waals surface area contributed by atoms with E-state index in [4.69, 9.17) is 16.3 Å². The molecule has 4 rings (SSSR count). The molecule has 4 nitrogen and oxygen atoms in total. The van der Waals surface area contributed by atoms with Gasteiger partial charge >= 0.3 is 0 Å². The Morgan fingerprint density at radius 2 is 1.91 bits per heavy atom. The normalized spacial score (nSPS) is 16.4. The van der Waals surface area contributed by atoms with E-state index in [0.717, 1.165) is 34.5 Å². The standard InChI is InChI=1S/C28H27ClN2O2S/c1-3-7-21-16-20(12-15-25(21)33-18-22-8-5-6-9-24(22)29)17-26-27(32)31-28(34-26)30-23-13-10-19(4-2)11-14-23/h3,5-6,8-17,28,30H,1,4,7,18H2,2H3,(H,31,32)/b26-17-/t28-/m1/s1. The fraction of sp³-hybridized carbons (Fsp3) is 0.179. The highest BCUT2D eigenvalue weighted by molar-refractivity contribution is 8.05. The molecule has 3 aromatic carbocycles. The van der Waals surface area contributed by atoms with Gasteiger partial charge in [0.15, 0.2) is 5.50 Å². The molecule has 0 radical (unpaired) electrons. The second-order valence-electron chi connectivity index (χ2n) is 7.91. The zero-order chi connectivity index (χ0) is 23.9. The van der Waals surface area contributed by atoms with E-state index < -0.39 is 0 Å². The molecule has 2 N–H and O–H groups in total. The van der Waals surface area contributed by atoms with Gasteiger partial charge in [-0.05, 0) is 65.9 Å². The van der Waals surface area contributed by atoms with Crippen molar-refractivity contribution in [1.82, 2.24) is 5.32 Å². The number of carbonyl (C=O) groups is 1. The minimum atomic E-state index is -0.211. The van der Waals surface area contributed by atoms with Crippen molar-refractivity contribution in [2.45, 2.75) is 31.9 Å². The van der Waals surface area contributed by atoms with Crippen LogP contribution in [0.4, 0.5) is 5.69 Å². The van der Waals surface area contributed by atoms with Crippen LogP contribution in [0.2, 0.25) is 5.02 Å². The van der Waals surface area contributed by atoms with Crippen LogP contribution in [0.3, 0.4) is 0 Å². The molecule has 0 unspecified atom stereocenters. The molecule has 1 heterocycles. The number of anilines is 1. The highest BCUT2D eigenvalue weighted by Crippen LogP contribution is 2.32. The Morgan fingerprint density at radius 1 is 1.12 bits per heavy atom.